The van der Waals surface area contributed by atoms with E-state index in [1.807, 2.05) is 11.8 Å². The molecule has 0 aromatic heterocycles. The van der Waals surface area contributed by atoms with Gasteiger partial charge < -0.3 is 10.4 Å². The highest BCUT2D eigenvalue weighted by molar-refractivity contribution is 7.98. The van der Waals surface area contributed by atoms with Gasteiger partial charge in [-0.15, -0.1) is 0 Å². The van der Waals surface area contributed by atoms with Crippen molar-refractivity contribution in [3.8, 4) is 5.75 Å². The molecule has 16 heavy (non-hydrogen) atoms. The predicted molar refractivity (Wildman–Crippen MR) is 67.3 cm³/mol. The van der Waals surface area contributed by atoms with Crippen molar-refractivity contribution >= 4 is 11.8 Å². The normalized spacial score (nSPS) is 12.7. The molecule has 0 aliphatic rings. The first-order chi connectivity index (χ1) is 7.61. The smallest absolute Gasteiger partial charge is 0.127 e. The van der Waals surface area contributed by atoms with Gasteiger partial charge >= 0.3 is 0 Å². The van der Waals surface area contributed by atoms with Crippen molar-refractivity contribution < 1.29 is 9.50 Å². The molecule has 0 fully saturated rings. The molecule has 1 aromatic carbocycles. The minimum absolute atomic E-state index is 0.0195. The van der Waals surface area contributed by atoms with E-state index in [4.69, 9.17) is 0 Å². The first kappa shape index (κ1) is 13.3. The number of nitrogens with one attached hydrogen (secondary N) is 1. The number of thioether (sulfide) groups is 1. The predicted octanol–water partition coefficient (Wildman–Crippen LogP) is 2.62. The third-order valence-corrected chi connectivity index (χ3v) is 3.12. The summed E-state index contributed by atoms with van der Waals surface area (Å²) >= 11 is 1.82. The van der Waals surface area contributed by atoms with Gasteiger partial charge in [0, 0.05) is 12.6 Å². The van der Waals surface area contributed by atoms with E-state index >= 15 is 0 Å². The van der Waals surface area contributed by atoms with Gasteiger partial charge in [-0.2, -0.15) is 11.8 Å². The summed E-state index contributed by atoms with van der Waals surface area (Å²) in [6.07, 6.45) is 2.08. The summed E-state index contributed by atoms with van der Waals surface area (Å²) < 4.78 is 12.9. The summed E-state index contributed by atoms with van der Waals surface area (Å²) in [5.74, 6) is 1.29. The second kappa shape index (κ2) is 6.76. The molecule has 1 atom stereocenters. The molecule has 0 aliphatic carbocycles. The number of rotatable bonds is 6. The van der Waals surface area contributed by atoms with Gasteiger partial charge in [0.1, 0.15) is 11.6 Å². The molecule has 0 saturated heterocycles. The van der Waals surface area contributed by atoms with Crippen LogP contribution in [0.15, 0.2) is 18.2 Å². The van der Waals surface area contributed by atoms with Crippen molar-refractivity contribution in [3.05, 3.63) is 29.6 Å². The summed E-state index contributed by atoms with van der Waals surface area (Å²) in [6, 6.07) is 4.13. The Morgan fingerprint density at radius 3 is 2.81 bits per heavy atom. The maximum absolute atomic E-state index is 12.9. The van der Waals surface area contributed by atoms with Gasteiger partial charge in [0.15, 0.2) is 0 Å². The van der Waals surface area contributed by atoms with Crippen LogP contribution >= 0.6 is 11.8 Å². The molecule has 2 N–H and O–H groups in total. The van der Waals surface area contributed by atoms with Gasteiger partial charge in [-0.05, 0) is 42.2 Å². The maximum atomic E-state index is 12.9. The van der Waals surface area contributed by atoms with E-state index in [1.54, 1.807) is 6.07 Å². The Balaban J connectivity index is 2.37. The van der Waals surface area contributed by atoms with E-state index in [9.17, 15) is 9.50 Å². The zero-order valence-electron chi connectivity index (χ0n) is 9.66. The van der Waals surface area contributed by atoms with Crippen molar-refractivity contribution in [2.75, 3.05) is 18.6 Å². The Morgan fingerprint density at radius 1 is 1.44 bits per heavy atom. The molecule has 0 aliphatic heterocycles. The number of phenolic OH excluding ortho intramolecular Hbond substituents is 1. The van der Waals surface area contributed by atoms with E-state index in [0.29, 0.717) is 12.5 Å². The Kier molecular flexibility index (Phi) is 5.63. The molecule has 90 valence electrons. The molecular weight excluding hydrogens is 225 g/mol. The minimum Gasteiger partial charge on any atom is -0.508 e. The highest BCUT2D eigenvalue weighted by atomic mass is 32.2. The lowest BCUT2D eigenvalue weighted by Gasteiger charge is -2.11. The molecule has 0 radical (unpaired) electrons. The van der Waals surface area contributed by atoms with Crippen LogP contribution in [0.3, 0.4) is 0 Å². The molecule has 0 heterocycles. The molecule has 1 aromatic rings. The number of hydrogen-bond donors (Lipinski definition) is 2. The third-order valence-electron chi connectivity index (χ3n) is 2.22. The van der Waals surface area contributed by atoms with Crippen molar-refractivity contribution in [3.63, 3.8) is 0 Å². The molecule has 0 amide bonds. The van der Waals surface area contributed by atoms with Crippen LogP contribution in [0.5, 0.6) is 5.75 Å². The molecule has 1 rings (SSSR count). The Hall–Kier alpha value is -0.740. The van der Waals surface area contributed by atoms with Crippen molar-refractivity contribution in [2.45, 2.75) is 13.5 Å². The van der Waals surface area contributed by atoms with Crippen LogP contribution in [0, 0.1) is 11.7 Å². The lowest BCUT2D eigenvalue weighted by Crippen LogP contribution is -2.22. The molecule has 2 nitrogen and oxygen atoms in total. The zero-order chi connectivity index (χ0) is 12.0. The van der Waals surface area contributed by atoms with E-state index < -0.39 is 5.82 Å². The SMILES string of the molecule is CSCC(C)CNCc1cc(O)cc(F)c1. The van der Waals surface area contributed by atoms with Crippen LogP contribution in [-0.4, -0.2) is 23.7 Å². The van der Waals surface area contributed by atoms with Gasteiger partial charge in [-0.25, -0.2) is 4.39 Å². The van der Waals surface area contributed by atoms with Gasteiger partial charge in [0.2, 0.25) is 0 Å². The summed E-state index contributed by atoms with van der Waals surface area (Å²) in [4.78, 5) is 0. The Labute approximate surface area is 100 Å². The first-order valence-corrected chi connectivity index (χ1v) is 6.69. The van der Waals surface area contributed by atoms with E-state index in [1.165, 1.54) is 6.07 Å². The quantitative estimate of drug-likeness (QED) is 0.805. The van der Waals surface area contributed by atoms with Crippen LogP contribution < -0.4 is 5.32 Å². The summed E-state index contributed by atoms with van der Waals surface area (Å²) in [5, 5.41) is 12.5. The van der Waals surface area contributed by atoms with Crippen LogP contribution in [-0.2, 0) is 6.54 Å². The van der Waals surface area contributed by atoms with Crippen LogP contribution in [0.2, 0.25) is 0 Å². The topological polar surface area (TPSA) is 32.3 Å². The monoisotopic (exact) mass is 243 g/mol. The van der Waals surface area contributed by atoms with Crippen LogP contribution in [0.4, 0.5) is 4.39 Å². The van der Waals surface area contributed by atoms with Crippen LogP contribution in [0.1, 0.15) is 12.5 Å². The van der Waals surface area contributed by atoms with E-state index in [0.717, 1.165) is 23.9 Å². The van der Waals surface area contributed by atoms with Gasteiger partial charge in [0.05, 0.1) is 0 Å². The van der Waals surface area contributed by atoms with Crippen molar-refractivity contribution in [1.82, 2.24) is 5.32 Å². The Bertz CT molecular complexity index is 313. The first-order valence-electron chi connectivity index (χ1n) is 5.30. The standard InChI is InChI=1S/C12H18FNOS/c1-9(8-16-2)6-14-7-10-3-11(13)5-12(15)4-10/h3-5,9,14-15H,6-8H2,1-2H3. The molecule has 0 spiro atoms. The average Bonchev–Trinajstić information content (AvgIpc) is 2.16. The van der Waals surface area contributed by atoms with Crippen molar-refractivity contribution in [2.24, 2.45) is 5.92 Å². The summed E-state index contributed by atoms with van der Waals surface area (Å²) in [7, 11) is 0. The number of phenols is 1. The zero-order valence-corrected chi connectivity index (χ0v) is 10.5. The minimum atomic E-state index is -0.394. The number of aromatic hydroxyl groups is 1. The van der Waals surface area contributed by atoms with Crippen molar-refractivity contribution in [1.29, 1.82) is 0 Å². The lowest BCUT2D eigenvalue weighted by molar-refractivity contribution is 0.467. The highest BCUT2D eigenvalue weighted by Crippen LogP contribution is 2.14. The fraction of sp³-hybridized carbons (Fsp3) is 0.500. The summed E-state index contributed by atoms with van der Waals surface area (Å²) in [5.41, 5.74) is 0.772. The fourth-order valence-corrected chi connectivity index (χ4v) is 2.23. The van der Waals surface area contributed by atoms with E-state index in [2.05, 4.69) is 18.5 Å². The Morgan fingerprint density at radius 2 is 2.19 bits per heavy atom. The molecule has 0 saturated carbocycles. The third kappa shape index (κ3) is 4.86. The van der Waals surface area contributed by atoms with E-state index in [-0.39, 0.29) is 5.75 Å². The second-order valence-corrected chi connectivity index (χ2v) is 4.92. The lowest BCUT2D eigenvalue weighted by atomic mass is 10.2. The fourth-order valence-electron chi connectivity index (χ4n) is 1.54. The maximum Gasteiger partial charge on any atom is 0.127 e. The van der Waals surface area contributed by atoms with Crippen LogP contribution in [0.25, 0.3) is 0 Å². The number of hydrogen-bond acceptors (Lipinski definition) is 3. The molecule has 4 heteroatoms. The average molecular weight is 243 g/mol. The summed E-state index contributed by atoms with van der Waals surface area (Å²) in [6.45, 7) is 3.66. The highest BCUT2D eigenvalue weighted by Gasteiger charge is 2.02. The van der Waals surface area contributed by atoms with Gasteiger partial charge in [0.25, 0.3) is 0 Å². The molecule has 0 bridgehead atoms. The van der Waals surface area contributed by atoms with Gasteiger partial charge in [-0.3, -0.25) is 0 Å². The second-order valence-electron chi connectivity index (χ2n) is 4.01. The molecular formula is C12H18FNOS. The molecule has 1 unspecified atom stereocenters. The van der Waals surface area contributed by atoms with Gasteiger partial charge in [-0.1, -0.05) is 6.92 Å². The largest absolute Gasteiger partial charge is 0.508 e. The number of benzene rings is 1. The number of halogens is 1.